The molecule has 2 saturated heterocycles. The second-order valence-electron chi connectivity index (χ2n) is 9.24. The molecule has 3 fully saturated rings. The van der Waals surface area contributed by atoms with Crippen LogP contribution in [0.4, 0.5) is 13.2 Å². The molecule has 1 aromatic rings. The van der Waals surface area contributed by atoms with Gasteiger partial charge in [-0.2, -0.15) is 0 Å². The first-order valence-corrected chi connectivity index (χ1v) is 12.1. The van der Waals surface area contributed by atoms with Crippen molar-refractivity contribution >= 4 is 35.2 Å². The van der Waals surface area contributed by atoms with E-state index in [0.29, 0.717) is 30.5 Å². The van der Waals surface area contributed by atoms with E-state index in [1.165, 1.54) is 4.90 Å². The van der Waals surface area contributed by atoms with Gasteiger partial charge in [-0.05, 0) is 31.1 Å². The fourth-order valence-corrected chi connectivity index (χ4v) is 5.40. The van der Waals surface area contributed by atoms with Crippen LogP contribution in [0.25, 0.3) is 0 Å². The van der Waals surface area contributed by atoms with Crippen molar-refractivity contribution in [2.24, 2.45) is 17.8 Å². The van der Waals surface area contributed by atoms with Gasteiger partial charge in [0.2, 0.25) is 5.91 Å². The van der Waals surface area contributed by atoms with E-state index in [4.69, 9.17) is 16.3 Å². The predicted molar refractivity (Wildman–Crippen MR) is 120 cm³/mol. The molecule has 9 nitrogen and oxygen atoms in total. The molecule has 5 atom stereocenters. The molecule has 4 rings (SSSR count). The van der Waals surface area contributed by atoms with Gasteiger partial charge in [-0.15, -0.1) is 0 Å². The van der Waals surface area contributed by atoms with Crippen LogP contribution in [-0.4, -0.2) is 71.5 Å². The molecular formula is C23H26ClF3N4O5. The highest BCUT2D eigenvalue weighted by Gasteiger charge is 2.50. The smallest absolute Gasteiger partial charge is 0.291 e. The molecule has 36 heavy (non-hydrogen) atoms. The zero-order chi connectivity index (χ0) is 26.0. The lowest BCUT2D eigenvalue weighted by Gasteiger charge is -2.31. The Balaban J connectivity index is 1.47. The molecule has 2 heterocycles. The number of nitrogens with zero attached hydrogens (tertiary/aromatic N) is 2. The molecule has 0 spiro atoms. The van der Waals surface area contributed by atoms with Gasteiger partial charge in [0.1, 0.15) is 23.4 Å². The molecule has 1 saturated carbocycles. The molecule has 2 aliphatic heterocycles. The van der Waals surface area contributed by atoms with E-state index in [1.54, 1.807) is 0 Å². The van der Waals surface area contributed by atoms with Crippen molar-refractivity contribution in [3.63, 3.8) is 0 Å². The predicted octanol–water partition coefficient (Wildman–Crippen LogP) is 1.50. The molecule has 1 aromatic carbocycles. The number of likely N-dealkylation sites (tertiary alicyclic amines) is 1. The van der Waals surface area contributed by atoms with E-state index >= 15 is 0 Å². The van der Waals surface area contributed by atoms with E-state index in [-0.39, 0.29) is 36.6 Å². The zero-order valence-electron chi connectivity index (χ0n) is 19.2. The van der Waals surface area contributed by atoms with Crippen LogP contribution in [0.3, 0.4) is 0 Å². The van der Waals surface area contributed by atoms with Crippen molar-refractivity contribution in [3.05, 3.63) is 29.8 Å². The van der Waals surface area contributed by atoms with Crippen LogP contribution in [0.1, 0.15) is 25.7 Å². The lowest BCUT2D eigenvalue weighted by atomic mass is 9.93. The highest BCUT2D eigenvalue weighted by atomic mass is 35.5. The topological polar surface area (TPSA) is 108 Å². The number of hydrogen-bond donors (Lipinski definition) is 2. The van der Waals surface area contributed by atoms with Crippen molar-refractivity contribution in [2.75, 3.05) is 26.2 Å². The maximum Gasteiger partial charge on any atom is 0.291 e. The van der Waals surface area contributed by atoms with Crippen molar-refractivity contribution in [1.82, 2.24) is 20.7 Å². The van der Waals surface area contributed by atoms with Gasteiger partial charge in [-0.25, -0.2) is 18.2 Å². The van der Waals surface area contributed by atoms with Crippen molar-refractivity contribution in [1.29, 1.82) is 0 Å². The Morgan fingerprint density at radius 2 is 1.92 bits per heavy atom. The number of ether oxygens (including phenoxy) is 1. The second-order valence-corrected chi connectivity index (χ2v) is 9.62. The van der Waals surface area contributed by atoms with Crippen LogP contribution >= 0.6 is 11.6 Å². The van der Waals surface area contributed by atoms with Gasteiger partial charge in [-0.3, -0.25) is 24.6 Å². The zero-order valence-corrected chi connectivity index (χ0v) is 20.0. The summed E-state index contributed by atoms with van der Waals surface area (Å²) in [5, 5.41) is 3.31. The molecule has 1 aliphatic carbocycles. The van der Waals surface area contributed by atoms with Crippen molar-refractivity contribution < 1.29 is 37.1 Å². The third kappa shape index (κ3) is 5.69. The van der Waals surface area contributed by atoms with Gasteiger partial charge in [0.25, 0.3) is 23.4 Å². The van der Waals surface area contributed by atoms with Crippen molar-refractivity contribution in [3.8, 4) is 5.75 Å². The summed E-state index contributed by atoms with van der Waals surface area (Å²) in [6, 6.07) is 1.56. The fraction of sp³-hybridized carbons (Fsp3) is 0.565. The molecule has 2 N–H and O–H groups in total. The number of amides is 4. The monoisotopic (exact) mass is 530 g/mol. The summed E-state index contributed by atoms with van der Waals surface area (Å²) in [5.74, 6) is -5.54. The molecule has 4 amide bonds. The van der Waals surface area contributed by atoms with Gasteiger partial charge < -0.3 is 15.0 Å². The summed E-state index contributed by atoms with van der Waals surface area (Å²) < 4.78 is 45.8. The minimum atomic E-state index is -2.43. The maximum absolute atomic E-state index is 13.7. The Hall–Kier alpha value is -3.02. The average Bonchev–Trinajstić information content (AvgIpc) is 3.52. The first kappa shape index (κ1) is 26.1. The number of carbonyl (C=O) groups excluding carboxylic acids is 4. The van der Waals surface area contributed by atoms with Crippen LogP contribution in [-0.2, 0) is 19.2 Å². The van der Waals surface area contributed by atoms with E-state index < -0.39 is 53.6 Å². The first-order valence-electron chi connectivity index (χ1n) is 11.7. The number of fused-ring (bicyclic) bond motifs is 1. The lowest BCUT2D eigenvalue weighted by Crippen LogP contribution is -2.57. The number of hydrazine groups is 1. The van der Waals surface area contributed by atoms with Crippen LogP contribution in [0.15, 0.2) is 18.2 Å². The Morgan fingerprint density at radius 3 is 2.56 bits per heavy atom. The van der Waals surface area contributed by atoms with Gasteiger partial charge >= 0.3 is 0 Å². The van der Waals surface area contributed by atoms with E-state index in [9.17, 15) is 32.3 Å². The standard InChI is InChI=1S/C23H26ClF3N4O5/c24-20(27)23(35)31(10-13-4-5-28-21(13)33)29-22(34)19-17-3-1-2-12(17)9-30(19)18(32)11-36-16-7-14(25)6-15(26)8-16/h6-8,12-13,17,19-20H,1-5,9-11H2,(H,28,33)(H,29,34)/t12-,13+,17-,19-,20?/m1/s1. The molecule has 1 unspecified atom stereocenters. The summed E-state index contributed by atoms with van der Waals surface area (Å²) >= 11 is 5.33. The largest absolute Gasteiger partial charge is 0.484 e. The normalized spacial score (nSPS) is 25.8. The molecule has 0 bridgehead atoms. The molecule has 3 aliphatic rings. The average molecular weight is 531 g/mol. The summed E-state index contributed by atoms with van der Waals surface area (Å²) in [5.41, 5.74) is -0.0546. The summed E-state index contributed by atoms with van der Waals surface area (Å²) in [4.78, 5) is 52.0. The number of carbonyl (C=O) groups is 4. The van der Waals surface area contributed by atoms with Gasteiger partial charge in [0.15, 0.2) is 6.61 Å². The van der Waals surface area contributed by atoms with Gasteiger partial charge in [0.05, 0.1) is 12.5 Å². The van der Waals surface area contributed by atoms with E-state index in [0.717, 1.165) is 25.0 Å². The Morgan fingerprint density at radius 1 is 1.19 bits per heavy atom. The SMILES string of the molecule is O=C1NCC[C@H]1CN(NC(=O)[C@H]1[C@@H]2CCC[C@@H]2CN1C(=O)COc1cc(F)cc(F)c1)C(=O)C(F)Cl. The number of nitrogens with one attached hydrogen (secondary N) is 2. The Bertz CT molecular complexity index is 1020. The molecule has 0 aromatic heterocycles. The number of rotatable bonds is 7. The van der Waals surface area contributed by atoms with Crippen LogP contribution in [0, 0.1) is 29.4 Å². The van der Waals surface area contributed by atoms with E-state index in [2.05, 4.69) is 10.7 Å². The third-order valence-corrected chi connectivity index (χ3v) is 7.13. The van der Waals surface area contributed by atoms with Crippen LogP contribution < -0.4 is 15.5 Å². The number of hydrogen-bond acceptors (Lipinski definition) is 5. The maximum atomic E-state index is 13.7. The second kappa shape index (κ2) is 10.9. The quantitative estimate of drug-likeness (QED) is 0.410. The Kier molecular flexibility index (Phi) is 7.91. The Labute approximate surface area is 210 Å². The molecular weight excluding hydrogens is 505 g/mol. The van der Waals surface area contributed by atoms with Crippen molar-refractivity contribution in [2.45, 2.75) is 37.4 Å². The fourth-order valence-electron chi connectivity index (χ4n) is 5.29. The van der Waals surface area contributed by atoms with Crippen LogP contribution in [0.5, 0.6) is 5.75 Å². The summed E-state index contributed by atoms with van der Waals surface area (Å²) in [6.45, 7) is -0.177. The third-order valence-electron chi connectivity index (χ3n) is 6.94. The minimum Gasteiger partial charge on any atom is -0.484 e. The first-order chi connectivity index (χ1) is 17.1. The summed E-state index contributed by atoms with van der Waals surface area (Å²) in [7, 11) is 0. The van der Waals surface area contributed by atoms with Gasteiger partial charge in [0, 0.05) is 31.3 Å². The number of alkyl halides is 2. The van der Waals surface area contributed by atoms with E-state index in [1.807, 2.05) is 0 Å². The molecule has 13 heteroatoms. The highest BCUT2D eigenvalue weighted by molar-refractivity contribution is 6.29. The number of benzene rings is 1. The molecule has 196 valence electrons. The number of halogens is 4. The minimum absolute atomic E-state index is 0.0445. The lowest BCUT2D eigenvalue weighted by molar-refractivity contribution is -0.149. The van der Waals surface area contributed by atoms with Gasteiger partial charge in [-0.1, -0.05) is 18.0 Å². The van der Waals surface area contributed by atoms with Crippen LogP contribution in [0.2, 0.25) is 0 Å². The highest BCUT2D eigenvalue weighted by Crippen LogP contribution is 2.42. The molecule has 0 radical (unpaired) electrons. The summed E-state index contributed by atoms with van der Waals surface area (Å²) in [6.07, 6.45) is 2.73.